The van der Waals surface area contributed by atoms with Gasteiger partial charge in [0.15, 0.2) is 6.61 Å². The van der Waals surface area contributed by atoms with E-state index in [1.54, 1.807) is 13.0 Å². The molecule has 0 aliphatic heterocycles. The first-order valence-corrected chi connectivity index (χ1v) is 2.82. The van der Waals surface area contributed by atoms with E-state index in [9.17, 15) is 0 Å². The molecule has 1 aromatic heterocycles. The van der Waals surface area contributed by atoms with E-state index >= 15 is 0 Å². The molecule has 0 aliphatic rings. The topological polar surface area (TPSA) is 35.3 Å². The van der Waals surface area contributed by atoms with Gasteiger partial charge in [-0.05, 0) is 12.1 Å². The molecule has 3 nitrogen and oxygen atoms in total. The standard InChI is InChI=1S/C7H7NO2/c1-3-4-9-7-5-6(2)10-8-7/h1,5H,4H2,2H3. The molecule has 0 N–H and O–H groups in total. The third-order valence-electron chi connectivity index (χ3n) is 0.910. The highest BCUT2D eigenvalue weighted by Gasteiger charge is 1.97. The molecule has 0 saturated heterocycles. The van der Waals surface area contributed by atoms with Crippen molar-refractivity contribution in [2.75, 3.05) is 6.61 Å². The van der Waals surface area contributed by atoms with E-state index in [4.69, 9.17) is 15.7 Å². The molecule has 10 heavy (non-hydrogen) atoms. The third-order valence-corrected chi connectivity index (χ3v) is 0.910. The summed E-state index contributed by atoms with van der Waals surface area (Å²) in [5.41, 5.74) is 0. The molecule has 0 aromatic carbocycles. The Morgan fingerprint density at radius 1 is 1.90 bits per heavy atom. The highest BCUT2D eigenvalue weighted by atomic mass is 16.5. The molecule has 52 valence electrons. The van der Waals surface area contributed by atoms with Crippen LogP contribution in [-0.4, -0.2) is 11.8 Å². The first-order chi connectivity index (χ1) is 4.83. The van der Waals surface area contributed by atoms with Crippen LogP contribution < -0.4 is 4.74 Å². The van der Waals surface area contributed by atoms with Crippen LogP contribution in [0.4, 0.5) is 0 Å². The van der Waals surface area contributed by atoms with Crippen LogP contribution in [0.25, 0.3) is 0 Å². The minimum absolute atomic E-state index is 0.228. The summed E-state index contributed by atoms with van der Waals surface area (Å²) in [4.78, 5) is 0. The van der Waals surface area contributed by atoms with Gasteiger partial charge in [-0.15, -0.1) is 6.42 Å². The highest BCUT2D eigenvalue weighted by Crippen LogP contribution is 2.08. The number of aromatic nitrogens is 1. The Hall–Kier alpha value is -1.43. The smallest absolute Gasteiger partial charge is 0.255 e. The van der Waals surface area contributed by atoms with Crippen LogP contribution in [0.15, 0.2) is 10.6 Å². The second-order valence-corrected chi connectivity index (χ2v) is 1.77. The van der Waals surface area contributed by atoms with Crippen LogP contribution in [0.2, 0.25) is 0 Å². The number of terminal acetylenes is 1. The molecule has 0 saturated carbocycles. The Kier molecular flexibility index (Phi) is 1.96. The number of aryl methyl sites for hydroxylation is 1. The van der Waals surface area contributed by atoms with E-state index in [1.807, 2.05) is 0 Å². The molecule has 0 spiro atoms. The lowest BCUT2D eigenvalue weighted by Gasteiger charge is -1.90. The molecule has 0 radical (unpaired) electrons. The lowest BCUT2D eigenvalue weighted by atomic mass is 10.5. The largest absolute Gasteiger partial charge is 0.462 e. The number of ether oxygens (including phenoxy) is 1. The zero-order valence-corrected chi connectivity index (χ0v) is 5.63. The van der Waals surface area contributed by atoms with Crippen molar-refractivity contribution >= 4 is 0 Å². The maximum atomic E-state index is 4.95. The minimum Gasteiger partial charge on any atom is -0.462 e. The summed E-state index contributed by atoms with van der Waals surface area (Å²) >= 11 is 0. The summed E-state index contributed by atoms with van der Waals surface area (Å²) < 4.78 is 9.65. The van der Waals surface area contributed by atoms with Crippen LogP contribution in [0.5, 0.6) is 5.88 Å². The second-order valence-electron chi connectivity index (χ2n) is 1.77. The molecule has 0 unspecified atom stereocenters. The van der Waals surface area contributed by atoms with Crippen LogP contribution >= 0.6 is 0 Å². The van der Waals surface area contributed by atoms with E-state index in [1.165, 1.54) is 0 Å². The van der Waals surface area contributed by atoms with Gasteiger partial charge < -0.3 is 9.26 Å². The predicted octanol–water partition coefficient (Wildman–Crippen LogP) is 0.995. The molecule has 0 atom stereocenters. The van der Waals surface area contributed by atoms with Crippen molar-refractivity contribution < 1.29 is 9.26 Å². The van der Waals surface area contributed by atoms with Crippen molar-refractivity contribution in [3.8, 4) is 18.2 Å². The quantitative estimate of drug-likeness (QED) is 0.570. The Bertz CT molecular complexity index is 246. The number of rotatable bonds is 2. The van der Waals surface area contributed by atoms with Gasteiger partial charge in [0.2, 0.25) is 0 Å². The van der Waals surface area contributed by atoms with Crippen LogP contribution in [0.3, 0.4) is 0 Å². The fourth-order valence-corrected chi connectivity index (χ4v) is 0.527. The van der Waals surface area contributed by atoms with E-state index in [0.29, 0.717) is 11.6 Å². The van der Waals surface area contributed by atoms with Crippen molar-refractivity contribution in [3.05, 3.63) is 11.8 Å². The Labute approximate surface area is 59.0 Å². The van der Waals surface area contributed by atoms with Crippen molar-refractivity contribution in [1.82, 2.24) is 5.16 Å². The normalized spacial score (nSPS) is 8.80. The number of nitrogens with zero attached hydrogens (tertiary/aromatic N) is 1. The second kappa shape index (κ2) is 2.92. The van der Waals surface area contributed by atoms with E-state index in [-0.39, 0.29) is 6.61 Å². The maximum Gasteiger partial charge on any atom is 0.255 e. The Balaban J connectivity index is 2.52. The first kappa shape index (κ1) is 6.69. The van der Waals surface area contributed by atoms with Crippen LogP contribution in [-0.2, 0) is 0 Å². The Morgan fingerprint density at radius 2 is 2.70 bits per heavy atom. The lowest BCUT2D eigenvalue weighted by molar-refractivity contribution is 0.309. The van der Waals surface area contributed by atoms with Crippen LogP contribution in [0, 0.1) is 19.3 Å². The summed E-state index contributed by atoms with van der Waals surface area (Å²) in [6, 6.07) is 1.68. The summed E-state index contributed by atoms with van der Waals surface area (Å²) in [7, 11) is 0. The minimum atomic E-state index is 0.228. The zero-order valence-electron chi connectivity index (χ0n) is 5.63. The molecule has 0 aliphatic carbocycles. The molecule has 1 heterocycles. The summed E-state index contributed by atoms with van der Waals surface area (Å²) in [5.74, 6) is 3.48. The van der Waals surface area contributed by atoms with E-state index < -0.39 is 0 Å². The Morgan fingerprint density at radius 3 is 3.20 bits per heavy atom. The third kappa shape index (κ3) is 1.52. The van der Waals surface area contributed by atoms with Crippen molar-refractivity contribution in [2.45, 2.75) is 6.92 Å². The van der Waals surface area contributed by atoms with Gasteiger partial charge in [0.05, 0.1) is 0 Å². The monoisotopic (exact) mass is 137 g/mol. The van der Waals surface area contributed by atoms with Crippen molar-refractivity contribution in [2.24, 2.45) is 0 Å². The van der Waals surface area contributed by atoms with E-state index in [0.717, 1.165) is 0 Å². The van der Waals surface area contributed by atoms with Gasteiger partial charge in [0.25, 0.3) is 5.88 Å². The molecule has 3 heteroatoms. The maximum absolute atomic E-state index is 4.95. The van der Waals surface area contributed by atoms with Crippen LogP contribution in [0.1, 0.15) is 5.76 Å². The highest BCUT2D eigenvalue weighted by molar-refractivity contribution is 5.10. The van der Waals surface area contributed by atoms with Crippen molar-refractivity contribution in [1.29, 1.82) is 0 Å². The van der Waals surface area contributed by atoms with Gasteiger partial charge in [-0.2, -0.15) is 0 Å². The fraction of sp³-hybridized carbons (Fsp3) is 0.286. The molecule has 0 bridgehead atoms. The molecule has 1 rings (SSSR count). The van der Waals surface area contributed by atoms with Gasteiger partial charge in [0, 0.05) is 6.07 Å². The first-order valence-electron chi connectivity index (χ1n) is 2.82. The lowest BCUT2D eigenvalue weighted by Crippen LogP contribution is -1.92. The van der Waals surface area contributed by atoms with Crippen molar-refractivity contribution in [3.63, 3.8) is 0 Å². The zero-order chi connectivity index (χ0) is 7.40. The van der Waals surface area contributed by atoms with Gasteiger partial charge in [-0.1, -0.05) is 5.92 Å². The molecular weight excluding hydrogens is 130 g/mol. The average Bonchev–Trinajstić information content (AvgIpc) is 2.31. The van der Waals surface area contributed by atoms with Gasteiger partial charge in [-0.25, -0.2) is 0 Å². The molecule has 0 amide bonds. The van der Waals surface area contributed by atoms with Gasteiger partial charge >= 0.3 is 0 Å². The summed E-state index contributed by atoms with van der Waals surface area (Å²) in [5, 5.41) is 3.56. The van der Waals surface area contributed by atoms with E-state index in [2.05, 4.69) is 11.1 Å². The molecule has 1 aromatic rings. The summed E-state index contributed by atoms with van der Waals surface area (Å²) in [6.45, 7) is 2.02. The van der Waals surface area contributed by atoms with Gasteiger partial charge in [-0.3, -0.25) is 0 Å². The van der Waals surface area contributed by atoms with Gasteiger partial charge in [0.1, 0.15) is 5.76 Å². The molecule has 0 fully saturated rings. The summed E-state index contributed by atoms with van der Waals surface area (Å²) in [6.07, 6.45) is 4.95. The number of hydrogen-bond donors (Lipinski definition) is 0. The average molecular weight is 137 g/mol. The number of hydrogen-bond acceptors (Lipinski definition) is 3. The molecular formula is C7H7NO2. The SMILES string of the molecule is C#CCOc1cc(C)on1. The predicted molar refractivity (Wildman–Crippen MR) is 35.6 cm³/mol. The fourth-order valence-electron chi connectivity index (χ4n) is 0.527.